The molecule has 0 aromatic heterocycles. The minimum Gasteiger partial charge on any atom is -0.493 e. The maximum atomic E-state index is 13.1. The second-order valence-electron chi connectivity index (χ2n) is 2.48. The highest BCUT2D eigenvalue weighted by Gasteiger charge is 2.11. The molecule has 12 heavy (non-hydrogen) atoms. The Kier molecular flexibility index (Phi) is 3.09. The van der Waals surface area contributed by atoms with Crippen LogP contribution in [0.15, 0.2) is 18.2 Å². The fourth-order valence-electron chi connectivity index (χ4n) is 1.05. The van der Waals surface area contributed by atoms with E-state index in [0.717, 1.165) is 5.56 Å². The van der Waals surface area contributed by atoms with Gasteiger partial charge in [0.2, 0.25) is 0 Å². The van der Waals surface area contributed by atoms with Crippen LogP contribution in [0.1, 0.15) is 17.3 Å². The van der Waals surface area contributed by atoms with E-state index in [1.54, 1.807) is 6.07 Å². The van der Waals surface area contributed by atoms with Crippen molar-refractivity contribution in [2.75, 3.05) is 7.11 Å². The van der Waals surface area contributed by atoms with E-state index in [2.05, 4.69) is 15.9 Å². The lowest BCUT2D eigenvalue weighted by atomic mass is 10.1. The molecule has 0 aliphatic heterocycles. The molecule has 1 unspecified atom stereocenters. The van der Waals surface area contributed by atoms with Gasteiger partial charge in [0.1, 0.15) is 0 Å². The smallest absolute Gasteiger partial charge is 0.165 e. The number of methoxy groups -OCH3 is 1. The number of rotatable bonds is 2. The van der Waals surface area contributed by atoms with Crippen LogP contribution < -0.4 is 4.74 Å². The zero-order valence-electron chi connectivity index (χ0n) is 6.97. The fraction of sp³-hybridized carbons (Fsp3) is 0.333. The average molecular weight is 233 g/mol. The van der Waals surface area contributed by atoms with Crippen molar-refractivity contribution in [3.63, 3.8) is 0 Å². The fourth-order valence-corrected chi connectivity index (χ4v) is 1.41. The highest BCUT2D eigenvalue weighted by Crippen LogP contribution is 2.32. The molecule has 1 aromatic rings. The first-order chi connectivity index (χ1) is 5.66. The van der Waals surface area contributed by atoms with E-state index in [9.17, 15) is 4.39 Å². The lowest BCUT2D eigenvalue weighted by Crippen LogP contribution is -1.94. The van der Waals surface area contributed by atoms with Gasteiger partial charge in [0, 0.05) is 10.4 Å². The van der Waals surface area contributed by atoms with E-state index in [0.29, 0.717) is 5.75 Å². The van der Waals surface area contributed by atoms with E-state index >= 15 is 0 Å². The molecule has 0 aliphatic carbocycles. The van der Waals surface area contributed by atoms with E-state index in [4.69, 9.17) is 4.74 Å². The molecule has 1 atom stereocenters. The van der Waals surface area contributed by atoms with Gasteiger partial charge in [0.05, 0.1) is 7.11 Å². The van der Waals surface area contributed by atoms with Crippen LogP contribution >= 0.6 is 15.9 Å². The summed E-state index contributed by atoms with van der Waals surface area (Å²) in [5, 5.41) is 0. The van der Waals surface area contributed by atoms with Gasteiger partial charge in [-0.3, -0.25) is 0 Å². The molecule has 66 valence electrons. The van der Waals surface area contributed by atoms with Crippen LogP contribution in [0.5, 0.6) is 5.75 Å². The highest BCUT2D eigenvalue weighted by molar-refractivity contribution is 9.09. The van der Waals surface area contributed by atoms with Gasteiger partial charge in [-0.05, 0) is 13.0 Å². The van der Waals surface area contributed by atoms with Gasteiger partial charge in [-0.25, -0.2) is 4.39 Å². The molecule has 0 fully saturated rings. The monoisotopic (exact) mass is 232 g/mol. The summed E-state index contributed by atoms with van der Waals surface area (Å²) in [5.74, 6) is 0.00294. The predicted molar refractivity (Wildman–Crippen MR) is 50.3 cm³/mol. The van der Waals surface area contributed by atoms with Crippen LogP contribution in [0.2, 0.25) is 0 Å². The first-order valence-corrected chi connectivity index (χ1v) is 4.55. The number of ether oxygens (including phenoxy) is 1. The van der Waals surface area contributed by atoms with E-state index in [1.165, 1.54) is 13.2 Å². The summed E-state index contributed by atoms with van der Waals surface area (Å²) in [7, 11) is 1.47. The normalized spacial score (nSPS) is 12.7. The summed E-state index contributed by atoms with van der Waals surface area (Å²) in [6, 6.07) is 4.89. The Morgan fingerprint density at radius 2 is 2.17 bits per heavy atom. The minimum absolute atomic E-state index is 0.100. The van der Waals surface area contributed by atoms with Gasteiger partial charge in [-0.15, -0.1) is 0 Å². The standard InChI is InChI=1S/C9H10BrFO/c1-6(10)7-4-3-5-8(11)9(7)12-2/h3-6H,1-2H3. The molecule has 0 N–H and O–H groups in total. The zero-order valence-corrected chi connectivity index (χ0v) is 8.56. The Labute approximate surface area is 79.7 Å². The molecular formula is C9H10BrFO. The summed E-state index contributed by atoms with van der Waals surface area (Å²) < 4.78 is 18.0. The van der Waals surface area contributed by atoms with Crippen molar-refractivity contribution in [1.82, 2.24) is 0 Å². The van der Waals surface area contributed by atoms with Crippen LogP contribution in [-0.4, -0.2) is 7.11 Å². The highest BCUT2D eigenvalue weighted by atomic mass is 79.9. The van der Waals surface area contributed by atoms with Crippen LogP contribution in [0.3, 0.4) is 0 Å². The molecule has 1 rings (SSSR count). The third-order valence-corrected chi connectivity index (χ3v) is 2.12. The van der Waals surface area contributed by atoms with Crippen LogP contribution in [0.25, 0.3) is 0 Å². The molecule has 0 radical (unpaired) electrons. The number of para-hydroxylation sites is 1. The quantitative estimate of drug-likeness (QED) is 0.712. The number of hydrogen-bond donors (Lipinski definition) is 0. The molecule has 0 saturated carbocycles. The maximum absolute atomic E-state index is 13.1. The Bertz CT molecular complexity index is 273. The molecule has 0 aliphatic rings. The summed E-state index contributed by atoms with van der Waals surface area (Å²) in [4.78, 5) is 0.100. The first-order valence-electron chi connectivity index (χ1n) is 3.63. The summed E-state index contributed by atoms with van der Waals surface area (Å²) >= 11 is 3.36. The number of hydrogen-bond acceptors (Lipinski definition) is 1. The van der Waals surface area contributed by atoms with E-state index < -0.39 is 0 Å². The second kappa shape index (κ2) is 3.90. The lowest BCUT2D eigenvalue weighted by molar-refractivity contribution is 0.382. The number of benzene rings is 1. The molecule has 0 amide bonds. The summed E-state index contributed by atoms with van der Waals surface area (Å²) in [6.07, 6.45) is 0. The molecule has 0 saturated heterocycles. The predicted octanol–water partition coefficient (Wildman–Crippen LogP) is 3.29. The molecular weight excluding hydrogens is 223 g/mol. The van der Waals surface area contributed by atoms with E-state index in [-0.39, 0.29) is 10.6 Å². The molecule has 0 heterocycles. The van der Waals surface area contributed by atoms with Crippen molar-refractivity contribution in [3.05, 3.63) is 29.6 Å². The number of halogens is 2. The lowest BCUT2D eigenvalue weighted by Gasteiger charge is -2.10. The molecule has 0 spiro atoms. The Morgan fingerprint density at radius 1 is 1.50 bits per heavy atom. The summed E-state index contributed by atoms with van der Waals surface area (Å²) in [5.41, 5.74) is 0.831. The van der Waals surface area contributed by atoms with Gasteiger partial charge < -0.3 is 4.74 Å². The SMILES string of the molecule is COc1c(F)cccc1C(C)Br. The van der Waals surface area contributed by atoms with Gasteiger partial charge in [0.25, 0.3) is 0 Å². The molecule has 3 heteroatoms. The zero-order chi connectivity index (χ0) is 9.14. The van der Waals surface area contributed by atoms with Crippen LogP contribution in [-0.2, 0) is 0 Å². The Morgan fingerprint density at radius 3 is 2.58 bits per heavy atom. The minimum atomic E-state index is -0.318. The number of alkyl halides is 1. The maximum Gasteiger partial charge on any atom is 0.165 e. The van der Waals surface area contributed by atoms with Crippen molar-refractivity contribution in [2.45, 2.75) is 11.8 Å². The van der Waals surface area contributed by atoms with Crippen LogP contribution in [0.4, 0.5) is 4.39 Å². The molecule has 0 bridgehead atoms. The van der Waals surface area contributed by atoms with Crippen molar-refractivity contribution in [3.8, 4) is 5.75 Å². The largest absolute Gasteiger partial charge is 0.493 e. The van der Waals surface area contributed by atoms with Crippen molar-refractivity contribution < 1.29 is 9.13 Å². The van der Waals surface area contributed by atoms with Gasteiger partial charge in [-0.2, -0.15) is 0 Å². The summed E-state index contributed by atoms with van der Waals surface area (Å²) in [6.45, 7) is 1.93. The average Bonchev–Trinajstić information content (AvgIpc) is 2.03. The second-order valence-corrected chi connectivity index (χ2v) is 3.85. The van der Waals surface area contributed by atoms with Crippen molar-refractivity contribution >= 4 is 15.9 Å². The third kappa shape index (κ3) is 1.78. The van der Waals surface area contributed by atoms with Crippen molar-refractivity contribution in [1.29, 1.82) is 0 Å². The molecule has 1 aromatic carbocycles. The van der Waals surface area contributed by atoms with Crippen molar-refractivity contribution in [2.24, 2.45) is 0 Å². The van der Waals surface area contributed by atoms with E-state index in [1.807, 2.05) is 13.0 Å². The Balaban J connectivity index is 3.18. The Hall–Kier alpha value is -0.570. The van der Waals surface area contributed by atoms with Crippen LogP contribution in [0, 0.1) is 5.82 Å². The molecule has 1 nitrogen and oxygen atoms in total. The first kappa shape index (κ1) is 9.52. The topological polar surface area (TPSA) is 9.23 Å². The van der Waals surface area contributed by atoms with Gasteiger partial charge >= 0.3 is 0 Å². The van der Waals surface area contributed by atoms with Gasteiger partial charge in [-0.1, -0.05) is 28.1 Å². The van der Waals surface area contributed by atoms with Gasteiger partial charge in [0.15, 0.2) is 11.6 Å². The third-order valence-electron chi connectivity index (χ3n) is 1.63.